The number of aliphatic carboxylic acids is 1. The van der Waals surface area contributed by atoms with Crippen molar-refractivity contribution in [3.63, 3.8) is 0 Å². The molecule has 0 spiro atoms. The number of aryl methyl sites for hydroxylation is 1. The number of hydrogen-bond acceptors (Lipinski definition) is 4. The monoisotopic (exact) mass is 381 g/mol. The van der Waals surface area contributed by atoms with E-state index < -0.39 is 12.0 Å². The highest BCUT2D eigenvalue weighted by molar-refractivity contribution is 5.84. The van der Waals surface area contributed by atoms with Gasteiger partial charge in [0.1, 0.15) is 0 Å². The molecule has 0 bridgehead atoms. The second kappa shape index (κ2) is 9.37. The van der Waals surface area contributed by atoms with Gasteiger partial charge in [-0.05, 0) is 30.2 Å². The Kier molecular flexibility index (Phi) is 6.66. The van der Waals surface area contributed by atoms with Crippen molar-refractivity contribution in [3.8, 4) is 0 Å². The van der Waals surface area contributed by atoms with Gasteiger partial charge in [-0.25, -0.2) is 4.79 Å². The number of amides is 1. The van der Waals surface area contributed by atoms with Gasteiger partial charge in [0, 0.05) is 44.8 Å². The number of benzene rings is 2. The number of carbonyl (C=O) groups is 2. The second-order valence-corrected chi connectivity index (χ2v) is 7.17. The Morgan fingerprint density at radius 3 is 2.39 bits per heavy atom. The van der Waals surface area contributed by atoms with E-state index in [-0.39, 0.29) is 5.91 Å². The van der Waals surface area contributed by atoms with Gasteiger partial charge in [-0.1, -0.05) is 42.5 Å². The molecule has 1 atom stereocenters. The minimum Gasteiger partial charge on any atom is -0.479 e. The van der Waals surface area contributed by atoms with Gasteiger partial charge in [0.25, 0.3) is 0 Å². The summed E-state index contributed by atoms with van der Waals surface area (Å²) >= 11 is 0. The number of carboxylic acid groups (broad SMARTS) is 1. The molecule has 0 unspecified atom stereocenters. The van der Waals surface area contributed by atoms with Crippen molar-refractivity contribution >= 4 is 17.6 Å². The maximum atomic E-state index is 12.3. The summed E-state index contributed by atoms with van der Waals surface area (Å²) in [4.78, 5) is 28.4. The maximum Gasteiger partial charge on any atom is 0.330 e. The molecule has 6 heteroatoms. The number of carboxylic acids is 1. The van der Waals surface area contributed by atoms with Crippen LogP contribution in [0.15, 0.2) is 54.6 Å². The molecule has 0 aromatic heterocycles. The average molecular weight is 381 g/mol. The molecule has 1 saturated heterocycles. The fourth-order valence-electron chi connectivity index (χ4n) is 3.48. The average Bonchev–Trinajstić information content (AvgIpc) is 2.71. The molecule has 3 rings (SSSR count). The van der Waals surface area contributed by atoms with Crippen LogP contribution in [0.1, 0.15) is 23.6 Å². The molecule has 148 valence electrons. The summed E-state index contributed by atoms with van der Waals surface area (Å²) in [5.74, 6) is -1.29. The third-order valence-electron chi connectivity index (χ3n) is 5.08. The Morgan fingerprint density at radius 1 is 1.04 bits per heavy atom. The van der Waals surface area contributed by atoms with Crippen molar-refractivity contribution < 1.29 is 14.7 Å². The van der Waals surface area contributed by atoms with Gasteiger partial charge in [-0.15, -0.1) is 0 Å². The number of anilines is 1. The van der Waals surface area contributed by atoms with Crippen molar-refractivity contribution in [1.29, 1.82) is 0 Å². The van der Waals surface area contributed by atoms with Crippen LogP contribution < -0.4 is 10.2 Å². The zero-order valence-corrected chi connectivity index (χ0v) is 16.2. The maximum absolute atomic E-state index is 12.3. The standard InChI is InChI=1S/C22H27N3O3/c1-17-6-5-9-19(16-17)25-14-12-24(13-15-25)11-10-20(26)23-21(22(27)28)18-7-3-2-4-8-18/h2-9,16,21H,10-15H2,1H3,(H,23,26)(H,27,28)/t21-/m0/s1. The van der Waals surface area contributed by atoms with Gasteiger partial charge < -0.3 is 15.3 Å². The van der Waals surface area contributed by atoms with E-state index in [4.69, 9.17) is 0 Å². The van der Waals surface area contributed by atoms with Crippen LogP contribution in [-0.4, -0.2) is 54.6 Å². The zero-order chi connectivity index (χ0) is 19.9. The molecule has 1 amide bonds. The summed E-state index contributed by atoms with van der Waals surface area (Å²) in [5, 5.41) is 12.1. The minimum absolute atomic E-state index is 0.239. The summed E-state index contributed by atoms with van der Waals surface area (Å²) in [6.45, 7) is 6.36. The lowest BCUT2D eigenvalue weighted by Crippen LogP contribution is -2.47. The Labute approximate surface area is 165 Å². The van der Waals surface area contributed by atoms with E-state index in [9.17, 15) is 14.7 Å². The van der Waals surface area contributed by atoms with Crippen LogP contribution in [0.25, 0.3) is 0 Å². The van der Waals surface area contributed by atoms with Crippen LogP contribution in [0.3, 0.4) is 0 Å². The summed E-state index contributed by atoms with van der Waals surface area (Å²) in [5.41, 5.74) is 3.07. The van der Waals surface area contributed by atoms with Gasteiger partial charge in [0.05, 0.1) is 0 Å². The summed E-state index contributed by atoms with van der Waals surface area (Å²) in [7, 11) is 0. The van der Waals surface area contributed by atoms with E-state index in [2.05, 4.69) is 46.3 Å². The van der Waals surface area contributed by atoms with E-state index in [0.29, 0.717) is 18.5 Å². The molecule has 1 aliphatic rings. The molecule has 1 aliphatic heterocycles. The fourth-order valence-corrected chi connectivity index (χ4v) is 3.48. The molecule has 2 N–H and O–H groups in total. The third kappa shape index (κ3) is 5.33. The third-order valence-corrected chi connectivity index (χ3v) is 5.08. The van der Waals surface area contributed by atoms with Crippen LogP contribution in [0, 0.1) is 6.92 Å². The Balaban J connectivity index is 1.46. The van der Waals surface area contributed by atoms with Crippen LogP contribution >= 0.6 is 0 Å². The van der Waals surface area contributed by atoms with E-state index >= 15 is 0 Å². The van der Waals surface area contributed by atoms with E-state index in [1.807, 2.05) is 6.07 Å². The van der Waals surface area contributed by atoms with Gasteiger partial charge in [-0.3, -0.25) is 9.69 Å². The first-order chi connectivity index (χ1) is 13.5. The largest absolute Gasteiger partial charge is 0.479 e. The van der Waals surface area contributed by atoms with Crippen LogP contribution in [0.5, 0.6) is 0 Å². The number of rotatable bonds is 7. The number of nitrogens with one attached hydrogen (secondary N) is 1. The highest BCUT2D eigenvalue weighted by Gasteiger charge is 2.23. The van der Waals surface area contributed by atoms with Crippen molar-refractivity contribution in [1.82, 2.24) is 10.2 Å². The molecule has 0 aliphatic carbocycles. The number of hydrogen-bond donors (Lipinski definition) is 2. The predicted octanol–water partition coefficient (Wildman–Crippen LogP) is 2.45. The molecule has 6 nitrogen and oxygen atoms in total. The normalized spacial score (nSPS) is 15.8. The van der Waals surface area contributed by atoms with E-state index in [0.717, 1.165) is 26.2 Å². The first-order valence-electron chi connectivity index (χ1n) is 9.64. The first-order valence-corrected chi connectivity index (χ1v) is 9.64. The SMILES string of the molecule is Cc1cccc(N2CCN(CCC(=O)N[C@H](C(=O)O)c3ccccc3)CC2)c1. The number of nitrogens with zero attached hydrogens (tertiary/aromatic N) is 2. The molecule has 2 aromatic carbocycles. The molecule has 0 saturated carbocycles. The number of piperazine rings is 1. The lowest BCUT2D eigenvalue weighted by Gasteiger charge is -2.36. The lowest BCUT2D eigenvalue weighted by atomic mass is 10.1. The van der Waals surface area contributed by atoms with Crippen molar-refractivity contribution in [3.05, 3.63) is 65.7 Å². The molecule has 1 fully saturated rings. The Bertz CT molecular complexity index is 802. The molecule has 2 aromatic rings. The van der Waals surface area contributed by atoms with Gasteiger partial charge in [0.15, 0.2) is 6.04 Å². The van der Waals surface area contributed by atoms with E-state index in [1.165, 1.54) is 11.3 Å². The first kappa shape index (κ1) is 19.9. The topological polar surface area (TPSA) is 72.9 Å². The Hall–Kier alpha value is -2.86. The smallest absolute Gasteiger partial charge is 0.330 e. The van der Waals surface area contributed by atoms with Gasteiger partial charge >= 0.3 is 5.97 Å². The molecule has 28 heavy (non-hydrogen) atoms. The van der Waals surface area contributed by atoms with Gasteiger partial charge in [0.2, 0.25) is 5.91 Å². The summed E-state index contributed by atoms with van der Waals surface area (Å²) < 4.78 is 0. The van der Waals surface area contributed by atoms with Crippen LogP contribution in [-0.2, 0) is 9.59 Å². The zero-order valence-electron chi connectivity index (χ0n) is 16.2. The van der Waals surface area contributed by atoms with Crippen molar-refractivity contribution in [2.24, 2.45) is 0 Å². The van der Waals surface area contributed by atoms with Crippen LogP contribution in [0.4, 0.5) is 5.69 Å². The quantitative estimate of drug-likeness (QED) is 0.771. The summed E-state index contributed by atoms with van der Waals surface area (Å²) in [6.07, 6.45) is 0.293. The highest BCUT2D eigenvalue weighted by Crippen LogP contribution is 2.18. The fraction of sp³-hybridized carbons (Fsp3) is 0.364. The summed E-state index contributed by atoms with van der Waals surface area (Å²) in [6, 6.07) is 16.3. The Morgan fingerprint density at radius 2 is 1.75 bits per heavy atom. The van der Waals surface area contributed by atoms with E-state index in [1.54, 1.807) is 24.3 Å². The molecular formula is C22H27N3O3. The van der Waals surface area contributed by atoms with Crippen molar-refractivity contribution in [2.75, 3.05) is 37.6 Å². The lowest BCUT2D eigenvalue weighted by molar-refractivity contribution is -0.142. The molecule has 0 radical (unpaired) electrons. The van der Waals surface area contributed by atoms with Crippen LogP contribution in [0.2, 0.25) is 0 Å². The van der Waals surface area contributed by atoms with Gasteiger partial charge in [-0.2, -0.15) is 0 Å². The molecule has 1 heterocycles. The number of carbonyl (C=O) groups excluding carboxylic acids is 1. The van der Waals surface area contributed by atoms with Crippen molar-refractivity contribution in [2.45, 2.75) is 19.4 Å². The second-order valence-electron chi connectivity index (χ2n) is 7.17. The molecular weight excluding hydrogens is 354 g/mol. The predicted molar refractivity (Wildman–Crippen MR) is 109 cm³/mol. The highest BCUT2D eigenvalue weighted by atomic mass is 16.4. The minimum atomic E-state index is -1.05.